The van der Waals surface area contributed by atoms with Gasteiger partial charge in [0.1, 0.15) is 12.4 Å². The molecule has 0 aliphatic carbocycles. The van der Waals surface area contributed by atoms with Crippen LogP contribution in [-0.4, -0.2) is 19.9 Å². The van der Waals surface area contributed by atoms with Crippen molar-refractivity contribution in [3.8, 4) is 11.3 Å². The molecule has 0 aliphatic rings. The SMILES string of the molecule is Cc1nc2nccc(-c3cc4cccc(CN=O)c4[nH]3)c2[nH]1. The molecule has 3 aromatic heterocycles. The van der Waals surface area contributed by atoms with E-state index in [9.17, 15) is 4.91 Å². The molecule has 0 radical (unpaired) electrons. The van der Waals surface area contributed by atoms with Gasteiger partial charge in [-0.2, -0.15) is 4.91 Å². The van der Waals surface area contributed by atoms with E-state index in [0.717, 1.165) is 39.1 Å². The number of nitroso groups, excluding NO2 is 1. The number of pyridine rings is 1. The molecule has 0 fully saturated rings. The zero-order chi connectivity index (χ0) is 15.1. The molecule has 0 saturated carbocycles. The third-order valence-corrected chi connectivity index (χ3v) is 3.78. The molecule has 0 bridgehead atoms. The summed E-state index contributed by atoms with van der Waals surface area (Å²) in [5, 5.41) is 4.05. The van der Waals surface area contributed by atoms with Crippen LogP contribution in [0.4, 0.5) is 0 Å². The number of nitrogens with one attached hydrogen (secondary N) is 2. The largest absolute Gasteiger partial charge is 0.354 e. The molecule has 22 heavy (non-hydrogen) atoms. The first-order valence-corrected chi connectivity index (χ1v) is 6.97. The van der Waals surface area contributed by atoms with E-state index in [2.05, 4.69) is 31.2 Å². The molecule has 1 aromatic carbocycles. The molecule has 6 nitrogen and oxygen atoms in total. The van der Waals surface area contributed by atoms with Crippen molar-refractivity contribution < 1.29 is 0 Å². The fourth-order valence-electron chi connectivity index (χ4n) is 2.82. The summed E-state index contributed by atoms with van der Waals surface area (Å²) >= 11 is 0. The second-order valence-corrected chi connectivity index (χ2v) is 5.23. The number of rotatable bonds is 3. The van der Waals surface area contributed by atoms with Crippen molar-refractivity contribution >= 4 is 22.1 Å². The minimum Gasteiger partial charge on any atom is -0.354 e. The minimum absolute atomic E-state index is 0.159. The summed E-state index contributed by atoms with van der Waals surface area (Å²) in [6.45, 7) is 2.07. The molecule has 108 valence electrons. The Kier molecular flexibility index (Phi) is 2.75. The first-order valence-electron chi connectivity index (χ1n) is 6.97. The van der Waals surface area contributed by atoms with Crippen LogP contribution in [0.3, 0.4) is 0 Å². The molecule has 6 heteroatoms. The molecule has 0 saturated heterocycles. The highest BCUT2D eigenvalue weighted by atomic mass is 16.3. The third kappa shape index (κ3) is 1.88. The number of imidazole rings is 1. The lowest BCUT2D eigenvalue weighted by Gasteiger charge is -1.99. The summed E-state index contributed by atoms with van der Waals surface area (Å²) in [5.41, 5.74) is 5.41. The summed E-state index contributed by atoms with van der Waals surface area (Å²) in [7, 11) is 0. The van der Waals surface area contributed by atoms with Crippen molar-refractivity contribution in [1.82, 2.24) is 19.9 Å². The van der Waals surface area contributed by atoms with Gasteiger partial charge in [0.05, 0.1) is 11.0 Å². The highest BCUT2D eigenvalue weighted by Crippen LogP contribution is 2.30. The van der Waals surface area contributed by atoms with E-state index in [1.807, 2.05) is 31.2 Å². The van der Waals surface area contributed by atoms with Crippen molar-refractivity contribution in [2.45, 2.75) is 13.5 Å². The predicted molar refractivity (Wildman–Crippen MR) is 85.4 cm³/mol. The molecule has 4 rings (SSSR count). The van der Waals surface area contributed by atoms with Crippen LogP contribution in [0.2, 0.25) is 0 Å². The Balaban J connectivity index is 1.96. The first-order chi connectivity index (χ1) is 10.8. The van der Waals surface area contributed by atoms with Gasteiger partial charge in [-0.3, -0.25) is 0 Å². The van der Waals surface area contributed by atoms with Crippen LogP contribution < -0.4 is 0 Å². The number of aromatic nitrogens is 4. The van der Waals surface area contributed by atoms with Crippen molar-refractivity contribution in [3.05, 3.63) is 52.8 Å². The Morgan fingerprint density at radius 2 is 2.09 bits per heavy atom. The number of aromatic amines is 2. The highest BCUT2D eigenvalue weighted by Gasteiger charge is 2.12. The second-order valence-electron chi connectivity index (χ2n) is 5.23. The van der Waals surface area contributed by atoms with Crippen molar-refractivity contribution in [2.24, 2.45) is 5.18 Å². The molecule has 2 N–H and O–H groups in total. The van der Waals surface area contributed by atoms with E-state index in [4.69, 9.17) is 0 Å². The molecular formula is C16H13N5O. The van der Waals surface area contributed by atoms with Crippen LogP contribution in [-0.2, 0) is 6.54 Å². The molecule has 0 unspecified atom stereocenters. The molecule has 4 aromatic rings. The number of fused-ring (bicyclic) bond motifs is 2. The number of H-pyrrole nitrogens is 2. The predicted octanol–water partition coefficient (Wildman–Crippen LogP) is 3.68. The van der Waals surface area contributed by atoms with E-state index in [-0.39, 0.29) is 6.54 Å². The maximum Gasteiger partial charge on any atom is 0.178 e. The van der Waals surface area contributed by atoms with Gasteiger partial charge in [-0.15, -0.1) is 0 Å². The maximum atomic E-state index is 10.6. The maximum absolute atomic E-state index is 10.6. The van der Waals surface area contributed by atoms with Crippen LogP contribution in [0.15, 0.2) is 41.7 Å². The lowest BCUT2D eigenvalue weighted by molar-refractivity contribution is 1.06. The zero-order valence-electron chi connectivity index (χ0n) is 11.9. The van der Waals surface area contributed by atoms with E-state index in [1.165, 1.54) is 0 Å². The molecule has 0 amide bonds. The first kappa shape index (κ1) is 12.7. The fraction of sp³-hybridized carbons (Fsp3) is 0.125. The average Bonchev–Trinajstić information content (AvgIpc) is 3.09. The molecule has 3 heterocycles. The number of aryl methyl sites for hydroxylation is 1. The zero-order valence-corrected chi connectivity index (χ0v) is 11.9. The Hall–Kier alpha value is -3.02. The number of benzene rings is 1. The van der Waals surface area contributed by atoms with E-state index >= 15 is 0 Å². The lowest BCUT2D eigenvalue weighted by Crippen LogP contribution is -1.85. The van der Waals surface area contributed by atoms with E-state index in [1.54, 1.807) is 6.20 Å². The molecule has 0 spiro atoms. The Bertz CT molecular complexity index is 998. The van der Waals surface area contributed by atoms with Gasteiger partial charge in [0, 0.05) is 28.4 Å². The van der Waals surface area contributed by atoms with Gasteiger partial charge < -0.3 is 9.97 Å². The van der Waals surface area contributed by atoms with Crippen LogP contribution in [0.25, 0.3) is 33.3 Å². The molecule has 0 atom stereocenters. The summed E-state index contributed by atoms with van der Waals surface area (Å²) in [6.07, 6.45) is 1.75. The van der Waals surface area contributed by atoms with Gasteiger partial charge in [0.2, 0.25) is 0 Å². The van der Waals surface area contributed by atoms with Crippen LogP contribution in [0, 0.1) is 11.8 Å². The quantitative estimate of drug-likeness (QED) is 0.564. The normalized spacial score (nSPS) is 11.3. The van der Waals surface area contributed by atoms with Gasteiger partial charge in [-0.1, -0.05) is 23.4 Å². The lowest BCUT2D eigenvalue weighted by atomic mass is 10.1. The molecular weight excluding hydrogens is 278 g/mol. The van der Waals surface area contributed by atoms with Crippen LogP contribution >= 0.6 is 0 Å². The minimum atomic E-state index is 0.159. The van der Waals surface area contributed by atoms with E-state index in [0.29, 0.717) is 5.65 Å². The van der Waals surface area contributed by atoms with Gasteiger partial charge in [0.25, 0.3) is 0 Å². The monoisotopic (exact) mass is 291 g/mol. The van der Waals surface area contributed by atoms with Crippen LogP contribution in [0.5, 0.6) is 0 Å². The van der Waals surface area contributed by atoms with E-state index < -0.39 is 0 Å². The van der Waals surface area contributed by atoms with Crippen molar-refractivity contribution in [1.29, 1.82) is 0 Å². The fourth-order valence-corrected chi connectivity index (χ4v) is 2.82. The van der Waals surface area contributed by atoms with Gasteiger partial charge in [0.15, 0.2) is 5.65 Å². The smallest absolute Gasteiger partial charge is 0.178 e. The second kappa shape index (κ2) is 4.77. The number of nitrogens with zero attached hydrogens (tertiary/aromatic N) is 3. The van der Waals surface area contributed by atoms with Crippen LogP contribution in [0.1, 0.15) is 11.4 Å². The average molecular weight is 291 g/mol. The number of hydrogen-bond acceptors (Lipinski definition) is 4. The van der Waals surface area contributed by atoms with Gasteiger partial charge in [-0.05, 0) is 19.1 Å². The topological polar surface area (TPSA) is 86.8 Å². The summed E-state index contributed by atoms with van der Waals surface area (Å²) in [4.78, 5) is 25.9. The number of para-hydroxylation sites is 1. The molecule has 0 aliphatic heterocycles. The van der Waals surface area contributed by atoms with Crippen molar-refractivity contribution in [3.63, 3.8) is 0 Å². The summed E-state index contributed by atoms with van der Waals surface area (Å²) in [5.74, 6) is 0.830. The Morgan fingerprint density at radius 1 is 1.18 bits per heavy atom. The van der Waals surface area contributed by atoms with Gasteiger partial charge in [-0.25, -0.2) is 9.97 Å². The third-order valence-electron chi connectivity index (χ3n) is 3.78. The highest BCUT2D eigenvalue weighted by molar-refractivity contribution is 5.94. The van der Waals surface area contributed by atoms with Gasteiger partial charge >= 0.3 is 0 Å². The number of hydrogen-bond donors (Lipinski definition) is 2. The Labute approximate surface area is 125 Å². The standard InChI is InChI=1S/C16H13N5O/c1-9-19-15-12(5-6-17-16(15)20-9)13-7-10-3-2-4-11(8-18-22)14(10)21-13/h2-7,21H,8H2,1H3,(H,17,19,20). The summed E-state index contributed by atoms with van der Waals surface area (Å²) in [6, 6.07) is 9.87. The Morgan fingerprint density at radius 3 is 2.95 bits per heavy atom. The summed E-state index contributed by atoms with van der Waals surface area (Å²) < 4.78 is 0. The van der Waals surface area contributed by atoms with Crippen molar-refractivity contribution in [2.75, 3.05) is 0 Å².